The lowest BCUT2D eigenvalue weighted by Gasteiger charge is -2.26. The van der Waals surface area contributed by atoms with E-state index < -0.39 is 0 Å². The second kappa shape index (κ2) is 8.75. The van der Waals surface area contributed by atoms with Crippen molar-refractivity contribution >= 4 is 17.7 Å². The molecule has 0 N–H and O–H groups in total. The Hall–Kier alpha value is -2.71. The molecule has 3 aromatic rings. The van der Waals surface area contributed by atoms with Crippen LogP contribution in [0.4, 0.5) is 0 Å². The van der Waals surface area contributed by atoms with Gasteiger partial charge in [-0.1, -0.05) is 30.0 Å². The molecule has 0 aliphatic carbocycles. The van der Waals surface area contributed by atoms with E-state index >= 15 is 0 Å². The van der Waals surface area contributed by atoms with Gasteiger partial charge in [-0.25, -0.2) is 0 Å². The zero-order valence-corrected chi connectivity index (χ0v) is 17.4. The van der Waals surface area contributed by atoms with Gasteiger partial charge >= 0.3 is 0 Å². The number of aromatic nitrogens is 4. The van der Waals surface area contributed by atoms with Crippen LogP contribution in [0.3, 0.4) is 0 Å². The summed E-state index contributed by atoms with van der Waals surface area (Å²) in [4.78, 5) is 18.9. The van der Waals surface area contributed by atoms with Crippen LogP contribution < -0.4 is 0 Å². The molecule has 4 rings (SSSR count). The number of benzene rings is 1. The first kappa shape index (κ1) is 19.6. The van der Waals surface area contributed by atoms with Gasteiger partial charge < -0.3 is 9.64 Å². The van der Waals surface area contributed by atoms with E-state index in [1.807, 2.05) is 39.8 Å². The molecule has 1 aromatic carbocycles. The lowest BCUT2D eigenvalue weighted by Crippen LogP contribution is -2.41. The number of thioether (sulfide) groups is 1. The zero-order chi connectivity index (χ0) is 20.2. The highest BCUT2D eigenvalue weighted by Crippen LogP contribution is 2.29. The van der Waals surface area contributed by atoms with Crippen LogP contribution in [-0.4, -0.2) is 62.6 Å². The molecule has 1 saturated heterocycles. The van der Waals surface area contributed by atoms with Crippen LogP contribution >= 0.6 is 11.8 Å². The largest absolute Gasteiger partial charge is 0.378 e. The Morgan fingerprint density at radius 3 is 2.69 bits per heavy atom. The Morgan fingerprint density at radius 2 is 1.93 bits per heavy atom. The van der Waals surface area contributed by atoms with Crippen LogP contribution in [0, 0.1) is 13.8 Å². The van der Waals surface area contributed by atoms with Gasteiger partial charge in [0.25, 0.3) is 0 Å². The van der Waals surface area contributed by atoms with Gasteiger partial charge in [-0.3, -0.25) is 14.3 Å². The van der Waals surface area contributed by atoms with Gasteiger partial charge in [0.2, 0.25) is 5.91 Å². The third kappa shape index (κ3) is 4.18. The van der Waals surface area contributed by atoms with Gasteiger partial charge in [0.15, 0.2) is 11.0 Å². The summed E-state index contributed by atoms with van der Waals surface area (Å²) in [5.74, 6) is 1.07. The number of hydrogen-bond donors (Lipinski definition) is 0. The predicted molar refractivity (Wildman–Crippen MR) is 112 cm³/mol. The number of morpholine rings is 1. The lowest BCUT2D eigenvalue weighted by molar-refractivity contribution is -0.132. The number of nitrogens with zero attached hydrogens (tertiary/aromatic N) is 5. The Bertz CT molecular complexity index is 1000. The average Bonchev–Trinajstić information content (AvgIpc) is 3.19. The molecule has 0 radical (unpaired) electrons. The Morgan fingerprint density at radius 1 is 1.10 bits per heavy atom. The first-order valence-electron chi connectivity index (χ1n) is 9.57. The molecule has 8 heteroatoms. The van der Waals surface area contributed by atoms with E-state index in [0.717, 1.165) is 16.9 Å². The van der Waals surface area contributed by atoms with Crippen molar-refractivity contribution in [2.75, 3.05) is 32.1 Å². The zero-order valence-electron chi connectivity index (χ0n) is 16.5. The number of aryl methyl sites for hydroxylation is 1. The fourth-order valence-corrected chi connectivity index (χ4v) is 4.10. The third-order valence-electron chi connectivity index (χ3n) is 5.03. The topological polar surface area (TPSA) is 73.1 Å². The van der Waals surface area contributed by atoms with Crippen molar-refractivity contribution in [3.05, 3.63) is 53.7 Å². The van der Waals surface area contributed by atoms with Crippen molar-refractivity contribution in [3.63, 3.8) is 0 Å². The molecule has 0 unspecified atom stereocenters. The molecule has 1 fully saturated rings. The summed E-state index contributed by atoms with van der Waals surface area (Å²) in [6, 6.07) is 11.9. The molecule has 29 heavy (non-hydrogen) atoms. The van der Waals surface area contributed by atoms with E-state index in [9.17, 15) is 4.79 Å². The number of carbonyl (C=O) groups is 1. The van der Waals surface area contributed by atoms with Crippen LogP contribution in [0.15, 0.2) is 47.8 Å². The van der Waals surface area contributed by atoms with Crippen molar-refractivity contribution < 1.29 is 9.53 Å². The Kier molecular flexibility index (Phi) is 5.92. The Labute approximate surface area is 174 Å². The number of carbonyl (C=O) groups excluding carboxylic acids is 1. The maximum absolute atomic E-state index is 12.6. The molecule has 0 atom stereocenters. The summed E-state index contributed by atoms with van der Waals surface area (Å²) in [6.07, 6.45) is 1.74. The standard InChI is InChI=1S/C21H23N5O2S/c1-15-6-5-8-18(16(15)2)26-20(17-7-3-4-9-22-17)23-24-21(26)29-14-19(27)25-10-12-28-13-11-25/h3-9H,10-14H2,1-2H3. The van der Waals surface area contributed by atoms with Crippen LogP contribution in [-0.2, 0) is 9.53 Å². The average molecular weight is 410 g/mol. The number of ether oxygens (including phenoxy) is 1. The minimum atomic E-state index is 0.0909. The second-order valence-electron chi connectivity index (χ2n) is 6.86. The van der Waals surface area contributed by atoms with Gasteiger partial charge in [-0.15, -0.1) is 10.2 Å². The molecule has 1 aliphatic rings. The number of pyridine rings is 1. The quantitative estimate of drug-likeness (QED) is 0.604. The van der Waals surface area contributed by atoms with Crippen molar-refractivity contribution in [3.8, 4) is 17.2 Å². The van der Waals surface area contributed by atoms with Gasteiger partial charge in [0.05, 0.1) is 24.7 Å². The van der Waals surface area contributed by atoms with Crippen LogP contribution in [0.2, 0.25) is 0 Å². The SMILES string of the molecule is Cc1cccc(-n2c(SCC(=O)N3CCOCC3)nnc2-c2ccccn2)c1C. The molecule has 150 valence electrons. The molecular weight excluding hydrogens is 386 g/mol. The van der Waals surface area contributed by atoms with E-state index in [1.165, 1.54) is 17.3 Å². The van der Waals surface area contributed by atoms with E-state index in [2.05, 4.69) is 35.1 Å². The first-order chi connectivity index (χ1) is 14.1. The number of rotatable bonds is 5. The van der Waals surface area contributed by atoms with Gasteiger partial charge in [-0.05, 0) is 43.2 Å². The summed E-state index contributed by atoms with van der Waals surface area (Å²) in [6.45, 7) is 6.64. The lowest BCUT2D eigenvalue weighted by atomic mass is 10.1. The molecule has 0 bridgehead atoms. The molecular formula is C21H23N5O2S. The summed E-state index contributed by atoms with van der Waals surface area (Å²) in [5.41, 5.74) is 4.07. The van der Waals surface area contributed by atoms with Crippen molar-refractivity contribution in [2.45, 2.75) is 19.0 Å². The predicted octanol–water partition coefficient (Wildman–Crippen LogP) is 2.90. The highest BCUT2D eigenvalue weighted by atomic mass is 32.2. The fraction of sp³-hybridized carbons (Fsp3) is 0.333. The van der Waals surface area contributed by atoms with Crippen molar-refractivity contribution in [2.24, 2.45) is 0 Å². The van der Waals surface area contributed by atoms with E-state index in [0.29, 0.717) is 43.0 Å². The molecule has 7 nitrogen and oxygen atoms in total. The Balaban J connectivity index is 1.68. The maximum atomic E-state index is 12.6. The van der Waals surface area contributed by atoms with Gasteiger partial charge in [-0.2, -0.15) is 0 Å². The van der Waals surface area contributed by atoms with E-state index in [1.54, 1.807) is 6.20 Å². The number of hydrogen-bond acceptors (Lipinski definition) is 6. The van der Waals surface area contributed by atoms with Gasteiger partial charge in [0, 0.05) is 19.3 Å². The number of amides is 1. The third-order valence-corrected chi connectivity index (χ3v) is 5.95. The molecule has 1 aliphatic heterocycles. The van der Waals surface area contributed by atoms with Gasteiger partial charge in [0.1, 0.15) is 5.69 Å². The first-order valence-corrected chi connectivity index (χ1v) is 10.6. The maximum Gasteiger partial charge on any atom is 0.233 e. The normalized spacial score (nSPS) is 14.2. The fourth-order valence-electron chi connectivity index (χ4n) is 3.25. The molecule has 3 heterocycles. The summed E-state index contributed by atoms with van der Waals surface area (Å²) in [7, 11) is 0. The summed E-state index contributed by atoms with van der Waals surface area (Å²) >= 11 is 1.40. The molecule has 1 amide bonds. The highest BCUT2D eigenvalue weighted by molar-refractivity contribution is 7.99. The minimum absolute atomic E-state index is 0.0909. The molecule has 2 aromatic heterocycles. The van der Waals surface area contributed by atoms with Crippen LogP contribution in [0.5, 0.6) is 0 Å². The molecule has 0 saturated carbocycles. The van der Waals surface area contributed by atoms with Crippen LogP contribution in [0.1, 0.15) is 11.1 Å². The van der Waals surface area contributed by atoms with Crippen molar-refractivity contribution in [1.82, 2.24) is 24.6 Å². The van der Waals surface area contributed by atoms with E-state index in [4.69, 9.17) is 4.74 Å². The second-order valence-corrected chi connectivity index (χ2v) is 7.80. The minimum Gasteiger partial charge on any atom is -0.378 e. The van der Waals surface area contributed by atoms with Crippen LogP contribution in [0.25, 0.3) is 17.2 Å². The van der Waals surface area contributed by atoms with E-state index in [-0.39, 0.29) is 5.91 Å². The van der Waals surface area contributed by atoms with Crippen molar-refractivity contribution in [1.29, 1.82) is 0 Å². The molecule has 0 spiro atoms. The summed E-state index contributed by atoms with van der Waals surface area (Å²) in [5, 5.41) is 9.49. The summed E-state index contributed by atoms with van der Waals surface area (Å²) < 4.78 is 7.33. The smallest absolute Gasteiger partial charge is 0.233 e. The monoisotopic (exact) mass is 409 g/mol. The highest BCUT2D eigenvalue weighted by Gasteiger charge is 2.22.